The molecule has 0 fully saturated rings. The average molecular weight is 403 g/mol. The minimum Gasteiger partial charge on any atom is -0.508 e. The SMILES string of the molecule is CC/C(=C(/C(=O)Nc1ccc(O)cc1)c1ccc(OCOC)cc1)c1ccccc1. The summed E-state index contributed by atoms with van der Waals surface area (Å²) in [6, 6.07) is 23.7. The van der Waals surface area contributed by atoms with Crippen LogP contribution in [0, 0.1) is 0 Å². The first-order chi connectivity index (χ1) is 14.6. The van der Waals surface area contributed by atoms with Crippen molar-refractivity contribution in [2.24, 2.45) is 0 Å². The van der Waals surface area contributed by atoms with E-state index in [9.17, 15) is 9.90 Å². The van der Waals surface area contributed by atoms with Gasteiger partial charge in [-0.05, 0) is 59.5 Å². The zero-order chi connectivity index (χ0) is 21.3. The van der Waals surface area contributed by atoms with Gasteiger partial charge in [0.2, 0.25) is 0 Å². The molecule has 0 aromatic heterocycles. The molecule has 0 unspecified atom stereocenters. The molecular weight excluding hydrogens is 378 g/mol. The molecule has 3 rings (SSSR count). The van der Waals surface area contributed by atoms with Gasteiger partial charge in [0.25, 0.3) is 5.91 Å². The Bertz CT molecular complexity index is 994. The van der Waals surface area contributed by atoms with Crippen LogP contribution in [0.1, 0.15) is 24.5 Å². The second-order valence-corrected chi connectivity index (χ2v) is 6.65. The molecule has 0 saturated heterocycles. The normalized spacial score (nSPS) is 11.5. The predicted octanol–water partition coefficient (Wildman–Crippen LogP) is 5.33. The number of phenolic OH excluding ortho intramolecular Hbond substituents is 1. The number of anilines is 1. The topological polar surface area (TPSA) is 67.8 Å². The van der Waals surface area contributed by atoms with E-state index in [0.717, 1.165) is 16.7 Å². The van der Waals surface area contributed by atoms with Crippen molar-refractivity contribution in [1.82, 2.24) is 0 Å². The Labute approximate surface area is 176 Å². The molecule has 0 radical (unpaired) electrons. The van der Waals surface area contributed by atoms with Gasteiger partial charge in [0.05, 0.1) is 5.57 Å². The molecule has 2 N–H and O–H groups in total. The lowest BCUT2D eigenvalue weighted by molar-refractivity contribution is -0.111. The molecule has 0 bridgehead atoms. The van der Waals surface area contributed by atoms with Crippen LogP contribution >= 0.6 is 0 Å². The van der Waals surface area contributed by atoms with E-state index in [1.807, 2.05) is 61.5 Å². The average Bonchev–Trinajstić information content (AvgIpc) is 2.78. The van der Waals surface area contributed by atoms with E-state index in [0.29, 0.717) is 23.4 Å². The molecule has 3 aromatic rings. The number of hydrogen-bond donors (Lipinski definition) is 2. The summed E-state index contributed by atoms with van der Waals surface area (Å²) in [6.07, 6.45) is 0.685. The summed E-state index contributed by atoms with van der Waals surface area (Å²) in [6.45, 7) is 2.19. The molecular formula is C25H25NO4. The van der Waals surface area contributed by atoms with Crippen LogP contribution < -0.4 is 10.1 Å². The van der Waals surface area contributed by atoms with Crippen molar-refractivity contribution in [1.29, 1.82) is 0 Å². The van der Waals surface area contributed by atoms with Crippen molar-refractivity contribution >= 4 is 22.7 Å². The van der Waals surface area contributed by atoms with Gasteiger partial charge in [0, 0.05) is 12.8 Å². The monoisotopic (exact) mass is 403 g/mol. The molecule has 5 heteroatoms. The fourth-order valence-corrected chi connectivity index (χ4v) is 3.19. The largest absolute Gasteiger partial charge is 0.508 e. The Morgan fingerprint density at radius 3 is 2.17 bits per heavy atom. The van der Waals surface area contributed by atoms with E-state index in [2.05, 4.69) is 5.32 Å². The maximum atomic E-state index is 13.3. The summed E-state index contributed by atoms with van der Waals surface area (Å²) in [4.78, 5) is 13.3. The van der Waals surface area contributed by atoms with Crippen LogP contribution in [-0.2, 0) is 9.53 Å². The summed E-state index contributed by atoms with van der Waals surface area (Å²) in [5.41, 5.74) is 3.93. The van der Waals surface area contributed by atoms with Crippen LogP contribution in [0.4, 0.5) is 5.69 Å². The van der Waals surface area contributed by atoms with E-state index >= 15 is 0 Å². The molecule has 154 valence electrons. The van der Waals surface area contributed by atoms with Crippen molar-refractivity contribution in [2.45, 2.75) is 13.3 Å². The molecule has 0 aliphatic rings. The minimum absolute atomic E-state index is 0.147. The Balaban J connectivity index is 2.02. The lowest BCUT2D eigenvalue weighted by Crippen LogP contribution is -2.15. The number of ether oxygens (including phenoxy) is 2. The highest BCUT2D eigenvalue weighted by molar-refractivity contribution is 6.31. The molecule has 0 heterocycles. The number of carbonyl (C=O) groups excluding carboxylic acids is 1. The second kappa shape index (κ2) is 10.3. The third kappa shape index (κ3) is 5.27. The Morgan fingerprint density at radius 1 is 0.900 bits per heavy atom. The minimum atomic E-state index is -0.216. The third-order valence-corrected chi connectivity index (χ3v) is 4.62. The quantitative estimate of drug-likeness (QED) is 0.231. The second-order valence-electron chi connectivity index (χ2n) is 6.65. The highest BCUT2D eigenvalue weighted by atomic mass is 16.7. The van der Waals surface area contributed by atoms with E-state index in [1.54, 1.807) is 31.4 Å². The summed E-state index contributed by atoms with van der Waals surface area (Å²) in [7, 11) is 1.57. The van der Waals surface area contributed by atoms with Crippen LogP contribution in [0.15, 0.2) is 78.9 Å². The maximum absolute atomic E-state index is 13.3. The Kier molecular flexibility index (Phi) is 7.24. The third-order valence-electron chi connectivity index (χ3n) is 4.62. The van der Waals surface area contributed by atoms with Crippen LogP contribution in [-0.4, -0.2) is 24.9 Å². The number of phenols is 1. The number of allylic oxidation sites excluding steroid dienone is 1. The molecule has 0 spiro atoms. The van der Waals surface area contributed by atoms with Crippen molar-refractivity contribution in [3.8, 4) is 11.5 Å². The van der Waals surface area contributed by atoms with E-state index in [4.69, 9.17) is 9.47 Å². The van der Waals surface area contributed by atoms with E-state index < -0.39 is 0 Å². The van der Waals surface area contributed by atoms with Crippen LogP contribution in [0.2, 0.25) is 0 Å². The lowest BCUT2D eigenvalue weighted by atomic mass is 9.92. The summed E-state index contributed by atoms with van der Waals surface area (Å²) in [5.74, 6) is 0.595. The van der Waals surface area contributed by atoms with Crippen molar-refractivity contribution in [2.75, 3.05) is 19.2 Å². The standard InChI is InChI=1S/C25H25NO4/c1-3-23(18-7-5-4-6-8-18)24(19-9-15-22(16-10-19)30-17-29-2)25(28)26-20-11-13-21(27)14-12-20/h4-16,27H,3,17H2,1-2H3,(H,26,28)/b24-23-. The Hall–Kier alpha value is -3.57. The van der Waals surface area contributed by atoms with Crippen LogP contribution in [0.5, 0.6) is 11.5 Å². The Morgan fingerprint density at radius 2 is 1.57 bits per heavy atom. The molecule has 0 atom stereocenters. The first kappa shape index (κ1) is 21.1. The molecule has 1 amide bonds. The van der Waals surface area contributed by atoms with Gasteiger partial charge in [0.15, 0.2) is 6.79 Å². The summed E-state index contributed by atoms with van der Waals surface area (Å²) >= 11 is 0. The van der Waals surface area contributed by atoms with Gasteiger partial charge in [0.1, 0.15) is 11.5 Å². The number of amides is 1. The predicted molar refractivity (Wildman–Crippen MR) is 119 cm³/mol. The fourth-order valence-electron chi connectivity index (χ4n) is 3.19. The van der Waals surface area contributed by atoms with Gasteiger partial charge in [-0.25, -0.2) is 0 Å². The number of benzene rings is 3. The molecule has 0 saturated carbocycles. The highest BCUT2D eigenvalue weighted by Crippen LogP contribution is 2.31. The number of carbonyl (C=O) groups is 1. The first-order valence-electron chi connectivity index (χ1n) is 9.73. The first-order valence-corrected chi connectivity index (χ1v) is 9.73. The smallest absolute Gasteiger partial charge is 0.256 e. The van der Waals surface area contributed by atoms with Crippen molar-refractivity contribution < 1.29 is 19.4 Å². The zero-order valence-corrected chi connectivity index (χ0v) is 17.1. The van der Waals surface area contributed by atoms with Gasteiger partial charge < -0.3 is 19.9 Å². The molecule has 3 aromatic carbocycles. The van der Waals surface area contributed by atoms with E-state index in [1.165, 1.54) is 0 Å². The van der Waals surface area contributed by atoms with Crippen LogP contribution in [0.25, 0.3) is 11.1 Å². The summed E-state index contributed by atoms with van der Waals surface area (Å²) in [5, 5.41) is 12.4. The van der Waals surface area contributed by atoms with Gasteiger partial charge >= 0.3 is 0 Å². The number of aromatic hydroxyl groups is 1. The van der Waals surface area contributed by atoms with Crippen LogP contribution in [0.3, 0.4) is 0 Å². The molecule has 0 aliphatic carbocycles. The number of rotatable bonds is 8. The van der Waals surface area contributed by atoms with Crippen molar-refractivity contribution in [3.63, 3.8) is 0 Å². The van der Waals surface area contributed by atoms with Gasteiger partial charge in [-0.3, -0.25) is 4.79 Å². The molecule has 30 heavy (non-hydrogen) atoms. The number of nitrogens with one attached hydrogen (secondary N) is 1. The summed E-state index contributed by atoms with van der Waals surface area (Å²) < 4.78 is 10.4. The zero-order valence-electron chi connectivity index (χ0n) is 17.1. The van der Waals surface area contributed by atoms with Gasteiger partial charge in [-0.15, -0.1) is 0 Å². The number of hydrogen-bond acceptors (Lipinski definition) is 4. The van der Waals surface area contributed by atoms with Gasteiger partial charge in [-0.1, -0.05) is 49.4 Å². The van der Waals surface area contributed by atoms with Gasteiger partial charge in [-0.2, -0.15) is 0 Å². The molecule has 5 nitrogen and oxygen atoms in total. The molecule has 0 aliphatic heterocycles. The maximum Gasteiger partial charge on any atom is 0.256 e. The lowest BCUT2D eigenvalue weighted by Gasteiger charge is -2.16. The number of methoxy groups -OCH3 is 1. The van der Waals surface area contributed by atoms with Crippen molar-refractivity contribution in [3.05, 3.63) is 90.0 Å². The highest BCUT2D eigenvalue weighted by Gasteiger charge is 2.18. The van der Waals surface area contributed by atoms with E-state index in [-0.39, 0.29) is 18.4 Å². The fraction of sp³-hybridized carbons (Fsp3) is 0.160.